The van der Waals surface area contributed by atoms with E-state index in [2.05, 4.69) is 10.0 Å². The van der Waals surface area contributed by atoms with Gasteiger partial charge in [-0.1, -0.05) is 18.2 Å². The van der Waals surface area contributed by atoms with Crippen molar-refractivity contribution in [1.29, 1.82) is 0 Å². The number of sulfone groups is 1. The van der Waals surface area contributed by atoms with Gasteiger partial charge in [0.1, 0.15) is 5.76 Å². The molecule has 3 heterocycles. The number of morpholine rings is 1. The van der Waals surface area contributed by atoms with Crippen LogP contribution < -0.4 is 0 Å². The van der Waals surface area contributed by atoms with Crippen LogP contribution >= 0.6 is 12.2 Å². The van der Waals surface area contributed by atoms with Crippen LogP contribution in [-0.2, 0) is 21.2 Å². The minimum absolute atomic E-state index is 0.199. The van der Waals surface area contributed by atoms with E-state index in [0.29, 0.717) is 41.8 Å². The maximum atomic E-state index is 13.0. The molecular formula is C24H23N5O4S2. The highest BCUT2D eigenvalue weighted by molar-refractivity contribution is 7.91. The largest absolute Gasteiger partial charge is 0.463 e. The first kappa shape index (κ1) is 23.4. The normalized spacial score (nSPS) is 15.1. The lowest BCUT2D eigenvalue weighted by Crippen LogP contribution is -2.37. The average molecular weight is 510 g/mol. The van der Waals surface area contributed by atoms with E-state index in [1.54, 1.807) is 88.6 Å². The van der Waals surface area contributed by atoms with Crippen LogP contribution in [0.1, 0.15) is 5.76 Å². The molecule has 0 radical (unpaired) electrons. The van der Waals surface area contributed by atoms with E-state index >= 15 is 0 Å². The van der Waals surface area contributed by atoms with Crippen LogP contribution in [0.2, 0.25) is 0 Å². The molecule has 0 atom stereocenters. The van der Waals surface area contributed by atoms with Crippen molar-refractivity contribution >= 4 is 28.3 Å². The maximum absolute atomic E-state index is 13.0. The molecule has 5 rings (SSSR count). The Morgan fingerprint density at radius 2 is 1.69 bits per heavy atom. The Labute approximate surface area is 207 Å². The lowest BCUT2D eigenvalue weighted by Gasteiger charge is -2.25. The van der Waals surface area contributed by atoms with E-state index < -0.39 is 9.84 Å². The minimum Gasteiger partial charge on any atom is -0.463 e. The fourth-order valence-corrected chi connectivity index (χ4v) is 5.22. The van der Waals surface area contributed by atoms with Crippen molar-refractivity contribution in [2.45, 2.75) is 16.5 Å². The van der Waals surface area contributed by atoms with Gasteiger partial charge in [0.2, 0.25) is 14.6 Å². The van der Waals surface area contributed by atoms with E-state index in [9.17, 15) is 8.42 Å². The first-order valence-corrected chi connectivity index (χ1v) is 12.9. The second-order valence-corrected chi connectivity index (χ2v) is 10.2. The molecule has 11 heteroatoms. The molecule has 1 aliphatic heterocycles. The van der Waals surface area contributed by atoms with Crippen LogP contribution in [0.3, 0.4) is 0 Å². The Morgan fingerprint density at radius 3 is 2.37 bits per heavy atom. The van der Waals surface area contributed by atoms with E-state index in [1.165, 1.54) is 0 Å². The molecule has 35 heavy (non-hydrogen) atoms. The van der Waals surface area contributed by atoms with E-state index in [4.69, 9.17) is 26.5 Å². The highest BCUT2D eigenvalue weighted by Crippen LogP contribution is 2.25. The fraction of sp³-hybridized carbons (Fsp3) is 0.208. The molecule has 4 aromatic rings. The number of furan rings is 1. The molecule has 0 unspecified atom stereocenters. The Balaban J connectivity index is 1.51. The molecule has 1 saturated heterocycles. The van der Waals surface area contributed by atoms with E-state index in [-0.39, 0.29) is 9.79 Å². The Morgan fingerprint density at radius 1 is 0.971 bits per heavy atom. The van der Waals surface area contributed by atoms with Crippen molar-refractivity contribution in [3.63, 3.8) is 0 Å². The van der Waals surface area contributed by atoms with Crippen LogP contribution in [0, 0.1) is 4.77 Å². The minimum atomic E-state index is -3.62. The van der Waals surface area contributed by atoms with Crippen LogP contribution in [-0.4, -0.2) is 60.3 Å². The molecule has 9 nitrogen and oxygen atoms in total. The van der Waals surface area contributed by atoms with Crippen LogP contribution in [0.15, 0.2) is 92.3 Å². The topological polar surface area (TPSA) is 94.9 Å². The number of ether oxygens (including phenoxy) is 1. The predicted molar refractivity (Wildman–Crippen MR) is 132 cm³/mol. The van der Waals surface area contributed by atoms with E-state index in [1.807, 2.05) is 0 Å². The standard InChI is InChI=1S/C24H23N5O4S2/c30-35(31,21-6-2-1-3-7-21)22-10-8-19(9-11-22)23-26-28(18-27-12-15-32-16-13-27)24(34)29(23)25-17-20-5-4-14-33-20/h1-11,14,17H,12-13,15-16,18H2/b25-17+. The summed E-state index contributed by atoms with van der Waals surface area (Å²) in [5.41, 5.74) is 0.681. The first-order valence-electron chi connectivity index (χ1n) is 11.0. The van der Waals surface area contributed by atoms with Gasteiger partial charge in [0.25, 0.3) is 0 Å². The Kier molecular flexibility index (Phi) is 6.73. The van der Waals surface area contributed by atoms with Crippen molar-refractivity contribution in [3.8, 4) is 11.4 Å². The summed E-state index contributed by atoms with van der Waals surface area (Å²) in [5, 5.41) is 9.23. The van der Waals surface area contributed by atoms with Crippen LogP contribution in [0.25, 0.3) is 11.4 Å². The lowest BCUT2D eigenvalue weighted by molar-refractivity contribution is 0.0210. The monoisotopic (exact) mass is 509 g/mol. The number of nitrogens with zero attached hydrogens (tertiary/aromatic N) is 5. The van der Waals surface area contributed by atoms with Gasteiger partial charge in [-0.25, -0.2) is 13.1 Å². The third-order valence-corrected chi connectivity index (χ3v) is 7.74. The van der Waals surface area contributed by atoms with Gasteiger partial charge in [0.05, 0.1) is 42.2 Å². The molecule has 1 fully saturated rings. The number of rotatable bonds is 7. The Bertz CT molecular complexity index is 1470. The van der Waals surface area contributed by atoms with Gasteiger partial charge in [-0.3, -0.25) is 4.90 Å². The second-order valence-electron chi connectivity index (χ2n) is 7.89. The molecule has 180 valence electrons. The van der Waals surface area contributed by atoms with Crippen LogP contribution in [0.5, 0.6) is 0 Å². The summed E-state index contributed by atoms with van der Waals surface area (Å²) in [6, 6.07) is 18.5. The van der Waals surface area contributed by atoms with Crippen molar-refractivity contribution in [2.75, 3.05) is 26.3 Å². The number of benzene rings is 2. The summed E-state index contributed by atoms with van der Waals surface area (Å²) in [7, 11) is -3.62. The fourth-order valence-electron chi connectivity index (χ4n) is 3.71. The van der Waals surface area contributed by atoms with Gasteiger partial charge in [0.15, 0.2) is 5.82 Å². The zero-order valence-electron chi connectivity index (χ0n) is 18.7. The molecule has 0 saturated carbocycles. The smallest absolute Gasteiger partial charge is 0.220 e. The Hall–Kier alpha value is -3.38. The summed E-state index contributed by atoms with van der Waals surface area (Å²) in [5.74, 6) is 1.07. The van der Waals surface area contributed by atoms with Gasteiger partial charge in [-0.05, 0) is 60.7 Å². The van der Waals surface area contributed by atoms with Gasteiger partial charge in [-0.2, -0.15) is 9.78 Å². The van der Waals surface area contributed by atoms with E-state index in [0.717, 1.165) is 13.1 Å². The summed E-state index contributed by atoms with van der Waals surface area (Å²) >= 11 is 5.69. The van der Waals surface area contributed by atoms with Crippen molar-refractivity contribution < 1.29 is 17.6 Å². The summed E-state index contributed by atoms with van der Waals surface area (Å²) in [4.78, 5) is 2.64. The zero-order chi connectivity index (χ0) is 24.3. The molecule has 0 bridgehead atoms. The van der Waals surface area contributed by atoms with Crippen molar-refractivity contribution in [2.24, 2.45) is 5.10 Å². The van der Waals surface area contributed by atoms with Gasteiger partial charge in [-0.15, -0.1) is 5.10 Å². The summed E-state index contributed by atoms with van der Waals surface area (Å²) in [6.45, 7) is 3.39. The zero-order valence-corrected chi connectivity index (χ0v) is 20.4. The number of hydrogen-bond donors (Lipinski definition) is 0. The summed E-state index contributed by atoms with van der Waals surface area (Å²) < 4.78 is 40.4. The predicted octanol–water partition coefficient (Wildman–Crippen LogP) is 3.68. The van der Waals surface area contributed by atoms with Gasteiger partial charge >= 0.3 is 0 Å². The third-order valence-electron chi connectivity index (χ3n) is 5.58. The van der Waals surface area contributed by atoms with Crippen LogP contribution in [0.4, 0.5) is 0 Å². The molecule has 1 aliphatic rings. The quantitative estimate of drug-likeness (QED) is 0.277. The summed E-state index contributed by atoms with van der Waals surface area (Å²) in [6.07, 6.45) is 3.13. The highest BCUT2D eigenvalue weighted by Gasteiger charge is 2.20. The number of aromatic nitrogens is 3. The number of hydrogen-bond acceptors (Lipinski definition) is 8. The highest BCUT2D eigenvalue weighted by atomic mass is 32.2. The van der Waals surface area contributed by atoms with Crippen molar-refractivity contribution in [3.05, 3.63) is 83.5 Å². The van der Waals surface area contributed by atoms with Gasteiger partial charge < -0.3 is 9.15 Å². The maximum Gasteiger partial charge on any atom is 0.220 e. The third kappa shape index (κ3) is 5.03. The molecule has 0 N–H and O–H groups in total. The molecule has 2 aromatic heterocycles. The first-order chi connectivity index (χ1) is 17.0. The molecule has 0 amide bonds. The second kappa shape index (κ2) is 10.1. The molecule has 0 aliphatic carbocycles. The molecular weight excluding hydrogens is 486 g/mol. The SMILES string of the molecule is O=S(=O)(c1ccccc1)c1ccc(-c2nn(CN3CCOCC3)c(=S)n2/N=C/c2ccco2)cc1. The molecule has 2 aromatic carbocycles. The lowest BCUT2D eigenvalue weighted by atomic mass is 10.2. The van der Waals surface area contributed by atoms with Crippen molar-refractivity contribution in [1.82, 2.24) is 19.4 Å². The average Bonchev–Trinajstić information content (AvgIpc) is 3.52. The molecule has 0 spiro atoms. The van der Waals surface area contributed by atoms with Gasteiger partial charge in [0, 0.05) is 18.7 Å².